The number of amides is 2. The summed E-state index contributed by atoms with van der Waals surface area (Å²) in [4.78, 5) is 29.8. The molecule has 1 heterocycles. The van der Waals surface area contributed by atoms with Crippen molar-refractivity contribution in [2.45, 2.75) is 0 Å². The Kier molecular flexibility index (Phi) is 6.62. The van der Waals surface area contributed by atoms with Crippen LogP contribution in [0.25, 0.3) is 10.8 Å². The average molecular weight is 504 g/mol. The van der Waals surface area contributed by atoms with Crippen LogP contribution in [0.15, 0.2) is 84.9 Å². The number of fused-ring (bicyclic) bond motifs is 1. The number of anilines is 2. The van der Waals surface area contributed by atoms with E-state index >= 15 is 0 Å². The monoisotopic (exact) mass is 503 g/mol. The Balaban J connectivity index is 1.21. The summed E-state index contributed by atoms with van der Waals surface area (Å²) in [5.74, 6) is -0.158. The van der Waals surface area contributed by atoms with E-state index in [0.717, 1.165) is 29.5 Å². The lowest BCUT2D eigenvalue weighted by molar-refractivity contribution is 0.0746. The fourth-order valence-electron chi connectivity index (χ4n) is 4.37. The van der Waals surface area contributed by atoms with Crippen molar-refractivity contribution in [1.82, 2.24) is 4.90 Å². The summed E-state index contributed by atoms with van der Waals surface area (Å²) in [5, 5.41) is 5.89. The predicted octanol–water partition coefficient (Wildman–Crippen LogP) is 6.36. The third kappa shape index (κ3) is 4.97. The molecule has 0 saturated carbocycles. The fourth-order valence-corrected chi connectivity index (χ4v) is 4.73. The molecule has 1 fully saturated rings. The van der Waals surface area contributed by atoms with Gasteiger partial charge in [0.05, 0.1) is 0 Å². The quantitative estimate of drug-likeness (QED) is 0.352. The number of nitrogens with one attached hydrogen (secondary N) is 1. The predicted molar refractivity (Wildman–Crippen MR) is 143 cm³/mol. The molecule has 5 nitrogen and oxygen atoms in total. The van der Waals surface area contributed by atoms with Crippen molar-refractivity contribution in [3.8, 4) is 0 Å². The molecule has 1 N–H and O–H groups in total. The van der Waals surface area contributed by atoms with Gasteiger partial charge in [0.15, 0.2) is 0 Å². The van der Waals surface area contributed by atoms with Crippen LogP contribution in [0.2, 0.25) is 10.0 Å². The van der Waals surface area contributed by atoms with Gasteiger partial charge in [0.1, 0.15) is 0 Å². The zero-order chi connectivity index (χ0) is 24.4. The molecule has 1 aliphatic rings. The second-order valence-electron chi connectivity index (χ2n) is 8.43. The Morgan fingerprint density at radius 1 is 0.714 bits per heavy atom. The number of carbonyl (C=O) groups is 2. The topological polar surface area (TPSA) is 52.7 Å². The summed E-state index contributed by atoms with van der Waals surface area (Å²) in [6.07, 6.45) is 0. The summed E-state index contributed by atoms with van der Waals surface area (Å²) >= 11 is 12.2. The van der Waals surface area contributed by atoms with E-state index in [-0.39, 0.29) is 11.8 Å². The number of piperazine rings is 1. The van der Waals surface area contributed by atoms with Crippen molar-refractivity contribution in [1.29, 1.82) is 0 Å². The lowest BCUT2D eigenvalue weighted by Gasteiger charge is -2.36. The van der Waals surface area contributed by atoms with Gasteiger partial charge in [0, 0.05) is 64.1 Å². The highest BCUT2D eigenvalue weighted by atomic mass is 35.5. The van der Waals surface area contributed by atoms with Gasteiger partial charge in [-0.25, -0.2) is 0 Å². The average Bonchev–Trinajstić information content (AvgIpc) is 2.89. The molecule has 0 radical (unpaired) electrons. The van der Waals surface area contributed by atoms with Gasteiger partial charge in [-0.1, -0.05) is 47.5 Å². The van der Waals surface area contributed by atoms with Crippen LogP contribution >= 0.6 is 23.2 Å². The molecule has 5 rings (SSSR count). The van der Waals surface area contributed by atoms with Crippen LogP contribution in [0.3, 0.4) is 0 Å². The van der Waals surface area contributed by atoms with Gasteiger partial charge in [-0.2, -0.15) is 0 Å². The lowest BCUT2D eigenvalue weighted by atomic mass is 10.0. The zero-order valence-electron chi connectivity index (χ0n) is 18.9. The van der Waals surface area contributed by atoms with Crippen molar-refractivity contribution >= 4 is 57.2 Å². The molecule has 35 heavy (non-hydrogen) atoms. The minimum absolute atomic E-state index is 0.0223. The van der Waals surface area contributed by atoms with Crippen LogP contribution in [0.1, 0.15) is 20.7 Å². The number of hydrogen-bond acceptors (Lipinski definition) is 3. The molecule has 0 aromatic heterocycles. The molecular weight excluding hydrogens is 481 g/mol. The van der Waals surface area contributed by atoms with Crippen LogP contribution in [-0.4, -0.2) is 42.9 Å². The minimum Gasteiger partial charge on any atom is -0.368 e. The Morgan fingerprint density at radius 2 is 1.37 bits per heavy atom. The van der Waals surface area contributed by atoms with Crippen LogP contribution in [-0.2, 0) is 0 Å². The standard InChI is InChI=1S/C28H23Cl2N3O2/c29-20-9-7-19(8-10-20)28(35)33-17-15-32(16-18-33)22-13-11-21(12-14-22)31-27(34)25-5-1-4-24-23(25)3-2-6-26(24)30/h1-14H,15-18H2,(H,31,34). The third-order valence-corrected chi connectivity index (χ3v) is 6.84. The molecule has 4 aromatic carbocycles. The van der Waals surface area contributed by atoms with E-state index < -0.39 is 0 Å². The van der Waals surface area contributed by atoms with E-state index in [1.165, 1.54) is 0 Å². The molecule has 2 amide bonds. The zero-order valence-corrected chi connectivity index (χ0v) is 20.4. The molecule has 0 aliphatic carbocycles. The largest absolute Gasteiger partial charge is 0.368 e. The van der Waals surface area contributed by atoms with Crippen LogP contribution in [0.5, 0.6) is 0 Å². The van der Waals surface area contributed by atoms with Crippen molar-refractivity contribution in [2.75, 3.05) is 36.4 Å². The Labute approximate surface area is 213 Å². The van der Waals surface area contributed by atoms with Gasteiger partial charge < -0.3 is 15.1 Å². The van der Waals surface area contributed by atoms with Gasteiger partial charge in [0.25, 0.3) is 11.8 Å². The first-order valence-electron chi connectivity index (χ1n) is 11.4. The molecule has 4 aromatic rings. The van der Waals surface area contributed by atoms with E-state index in [1.54, 1.807) is 30.3 Å². The molecule has 7 heteroatoms. The van der Waals surface area contributed by atoms with Crippen molar-refractivity contribution in [2.24, 2.45) is 0 Å². The Morgan fingerprint density at radius 3 is 2.09 bits per heavy atom. The Hall–Kier alpha value is -3.54. The minimum atomic E-state index is -0.181. The van der Waals surface area contributed by atoms with Gasteiger partial charge in [-0.15, -0.1) is 0 Å². The summed E-state index contributed by atoms with van der Waals surface area (Å²) in [6.45, 7) is 2.76. The number of rotatable bonds is 4. The Bertz CT molecular complexity index is 1380. The highest BCUT2D eigenvalue weighted by Crippen LogP contribution is 2.27. The summed E-state index contributed by atoms with van der Waals surface area (Å²) in [6, 6.07) is 25.9. The van der Waals surface area contributed by atoms with Crippen LogP contribution < -0.4 is 10.2 Å². The van der Waals surface area contributed by atoms with Crippen LogP contribution in [0, 0.1) is 0 Å². The number of carbonyl (C=O) groups excluding carboxylic acids is 2. The first-order valence-corrected chi connectivity index (χ1v) is 12.1. The van der Waals surface area contributed by atoms with E-state index in [0.29, 0.717) is 39.9 Å². The second kappa shape index (κ2) is 9.98. The first-order chi connectivity index (χ1) is 17.0. The highest BCUT2D eigenvalue weighted by molar-refractivity contribution is 6.36. The van der Waals surface area contributed by atoms with Crippen molar-refractivity contribution in [3.63, 3.8) is 0 Å². The molecule has 0 spiro atoms. The van der Waals surface area contributed by atoms with Crippen molar-refractivity contribution in [3.05, 3.63) is 106 Å². The molecule has 176 valence electrons. The highest BCUT2D eigenvalue weighted by Gasteiger charge is 2.22. The maximum atomic E-state index is 13.0. The van der Waals surface area contributed by atoms with Gasteiger partial charge in [-0.05, 0) is 66.0 Å². The number of benzene rings is 4. The molecule has 1 aliphatic heterocycles. The fraction of sp³-hybridized carbons (Fsp3) is 0.143. The summed E-state index contributed by atoms with van der Waals surface area (Å²) in [5.41, 5.74) is 3.00. The molecule has 0 atom stereocenters. The van der Waals surface area contributed by atoms with E-state index in [9.17, 15) is 9.59 Å². The summed E-state index contributed by atoms with van der Waals surface area (Å²) in [7, 11) is 0. The van der Waals surface area contributed by atoms with Gasteiger partial charge >= 0.3 is 0 Å². The maximum absolute atomic E-state index is 13.0. The number of halogens is 2. The number of nitrogens with zero attached hydrogens (tertiary/aromatic N) is 2. The van der Waals surface area contributed by atoms with E-state index in [1.807, 2.05) is 59.5 Å². The van der Waals surface area contributed by atoms with Crippen molar-refractivity contribution < 1.29 is 9.59 Å². The molecular formula is C28H23Cl2N3O2. The maximum Gasteiger partial charge on any atom is 0.256 e. The molecule has 0 unspecified atom stereocenters. The van der Waals surface area contributed by atoms with Gasteiger partial charge in [-0.3, -0.25) is 9.59 Å². The van der Waals surface area contributed by atoms with E-state index in [2.05, 4.69) is 10.2 Å². The second-order valence-corrected chi connectivity index (χ2v) is 9.27. The first kappa shape index (κ1) is 23.2. The molecule has 1 saturated heterocycles. The molecule has 0 bridgehead atoms. The third-order valence-electron chi connectivity index (χ3n) is 6.26. The van der Waals surface area contributed by atoms with Gasteiger partial charge in [0.2, 0.25) is 0 Å². The van der Waals surface area contributed by atoms with E-state index in [4.69, 9.17) is 23.2 Å². The normalized spacial score (nSPS) is 13.7. The number of hydrogen-bond donors (Lipinski definition) is 1. The SMILES string of the molecule is O=C(Nc1ccc(N2CCN(C(=O)c3ccc(Cl)cc3)CC2)cc1)c1cccc2c(Cl)cccc12. The smallest absolute Gasteiger partial charge is 0.256 e. The lowest BCUT2D eigenvalue weighted by Crippen LogP contribution is -2.48. The van der Waals surface area contributed by atoms with Crippen LogP contribution in [0.4, 0.5) is 11.4 Å². The summed E-state index contributed by atoms with van der Waals surface area (Å²) < 4.78 is 0.